The molecule has 0 aliphatic carbocycles. The van der Waals surface area contributed by atoms with Crippen molar-refractivity contribution in [2.45, 2.75) is 33.2 Å². The average molecular weight is 397 g/mol. The van der Waals surface area contributed by atoms with Gasteiger partial charge >= 0.3 is 6.03 Å². The van der Waals surface area contributed by atoms with E-state index in [0.717, 1.165) is 10.5 Å². The van der Waals surface area contributed by atoms with Gasteiger partial charge in [0.2, 0.25) is 5.91 Å². The Hall–Kier alpha value is -2.12. The zero-order chi connectivity index (χ0) is 19.7. The molecule has 1 heterocycles. The number of halogens is 1. The third-order valence-corrected chi connectivity index (χ3v) is 4.84. The summed E-state index contributed by atoms with van der Waals surface area (Å²) in [5.41, 5.74) is 6.05. The van der Waals surface area contributed by atoms with Gasteiger partial charge in [0.1, 0.15) is 12.1 Å². The number of nitrogens with one attached hydrogen (secondary N) is 1. The van der Waals surface area contributed by atoms with E-state index in [-0.39, 0.29) is 30.3 Å². The summed E-state index contributed by atoms with van der Waals surface area (Å²) in [6.07, 6.45) is 0. The van der Waals surface area contributed by atoms with Crippen molar-refractivity contribution in [1.82, 2.24) is 15.1 Å². The Morgan fingerprint density at radius 1 is 1.26 bits per heavy atom. The van der Waals surface area contributed by atoms with E-state index >= 15 is 0 Å². The molecule has 2 rings (SSSR count). The lowest BCUT2D eigenvalue weighted by Gasteiger charge is -2.30. The van der Waals surface area contributed by atoms with Crippen molar-refractivity contribution in [3.05, 3.63) is 35.4 Å². The van der Waals surface area contributed by atoms with Crippen LogP contribution >= 0.6 is 12.4 Å². The molecule has 3 N–H and O–H groups in total. The van der Waals surface area contributed by atoms with Gasteiger partial charge in [0.15, 0.2) is 0 Å². The van der Waals surface area contributed by atoms with E-state index in [2.05, 4.69) is 5.32 Å². The summed E-state index contributed by atoms with van der Waals surface area (Å²) >= 11 is 0. The minimum Gasteiger partial charge on any atom is -0.344 e. The molecule has 1 aromatic rings. The van der Waals surface area contributed by atoms with Crippen LogP contribution in [0.4, 0.5) is 4.79 Å². The smallest absolute Gasteiger partial charge is 0.325 e. The summed E-state index contributed by atoms with van der Waals surface area (Å²) < 4.78 is 0. The number of aryl methyl sites for hydroxylation is 1. The van der Waals surface area contributed by atoms with Crippen molar-refractivity contribution in [2.75, 3.05) is 26.7 Å². The Balaban J connectivity index is 0.00000364. The van der Waals surface area contributed by atoms with Gasteiger partial charge in [-0.2, -0.15) is 0 Å². The van der Waals surface area contributed by atoms with Crippen LogP contribution in [0.25, 0.3) is 0 Å². The molecule has 27 heavy (non-hydrogen) atoms. The van der Waals surface area contributed by atoms with Crippen molar-refractivity contribution in [3.63, 3.8) is 0 Å². The van der Waals surface area contributed by atoms with Gasteiger partial charge in [0, 0.05) is 13.6 Å². The molecule has 0 bridgehead atoms. The molecule has 0 saturated carbocycles. The van der Waals surface area contributed by atoms with Crippen LogP contribution in [0, 0.1) is 12.3 Å². The molecule has 1 aliphatic heterocycles. The third-order valence-electron chi connectivity index (χ3n) is 4.84. The molecule has 0 aromatic heterocycles. The topological polar surface area (TPSA) is 95.7 Å². The molecular formula is C19H29ClN4O3. The van der Waals surface area contributed by atoms with Crippen LogP contribution in [0.3, 0.4) is 0 Å². The number of benzene rings is 1. The first-order chi connectivity index (χ1) is 12.0. The fourth-order valence-corrected chi connectivity index (χ4v) is 2.97. The lowest BCUT2D eigenvalue weighted by Crippen LogP contribution is -2.46. The lowest BCUT2D eigenvalue weighted by atomic mass is 9.91. The molecule has 4 amide bonds. The van der Waals surface area contributed by atoms with Gasteiger partial charge in [-0.15, -0.1) is 12.4 Å². The highest BCUT2D eigenvalue weighted by Gasteiger charge is 2.49. The molecular weight excluding hydrogens is 368 g/mol. The Labute approximate surface area is 166 Å². The maximum absolute atomic E-state index is 12.9. The van der Waals surface area contributed by atoms with E-state index in [1.165, 1.54) is 4.90 Å². The minimum atomic E-state index is -1.17. The number of hydrogen-bond acceptors (Lipinski definition) is 4. The monoisotopic (exact) mass is 396 g/mol. The molecule has 7 nitrogen and oxygen atoms in total. The SMILES string of the molecule is Cc1ccc(C2(C)NC(=O)N(CC(=O)N(C)CC(C)(C)CN)C2=O)cc1.Cl. The first-order valence-corrected chi connectivity index (χ1v) is 8.65. The summed E-state index contributed by atoms with van der Waals surface area (Å²) in [6, 6.07) is 6.84. The number of rotatable bonds is 6. The van der Waals surface area contributed by atoms with E-state index in [9.17, 15) is 14.4 Å². The van der Waals surface area contributed by atoms with Crippen LogP contribution in [0.5, 0.6) is 0 Å². The summed E-state index contributed by atoms with van der Waals surface area (Å²) in [5, 5.41) is 2.72. The molecule has 0 radical (unpaired) electrons. The molecule has 1 aliphatic rings. The number of imide groups is 1. The zero-order valence-electron chi connectivity index (χ0n) is 16.5. The van der Waals surface area contributed by atoms with Crippen LogP contribution in [0.2, 0.25) is 0 Å². The van der Waals surface area contributed by atoms with Crippen molar-refractivity contribution in [1.29, 1.82) is 0 Å². The first kappa shape index (κ1) is 22.9. The minimum absolute atomic E-state index is 0. The summed E-state index contributed by atoms with van der Waals surface area (Å²) in [5.74, 6) is -0.727. The van der Waals surface area contributed by atoms with Gasteiger partial charge in [-0.25, -0.2) is 4.79 Å². The zero-order valence-corrected chi connectivity index (χ0v) is 17.4. The number of nitrogens with zero attached hydrogens (tertiary/aromatic N) is 2. The third kappa shape index (κ3) is 4.78. The summed E-state index contributed by atoms with van der Waals surface area (Å²) in [6.45, 7) is 8.11. The van der Waals surface area contributed by atoms with E-state index in [1.807, 2.05) is 45.0 Å². The largest absolute Gasteiger partial charge is 0.344 e. The van der Waals surface area contributed by atoms with Gasteiger partial charge in [-0.3, -0.25) is 14.5 Å². The maximum atomic E-state index is 12.9. The molecule has 1 saturated heterocycles. The standard InChI is InChI=1S/C19H28N4O3.ClH/c1-13-6-8-14(9-7-13)19(4)16(25)23(17(26)21-19)10-15(24)22(5)12-18(2,3)11-20;/h6-9H,10-12,20H2,1-5H3,(H,21,26);1H. The highest BCUT2D eigenvalue weighted by molar-refractivity contribution is 6.09. The Morgan fingerprint density at radius 3 is 2.33 bits per heavy atom. The molecule has 8 heteroatoms. The van der Waals surface area contributed by atoms with Crippen molar-refractivity contribution < 1.29 is 14.4 Å². The summed E-state index contributed by atoms with van der Waals surface area (Å²) in [4.78, 5) is 40.2. The number of amides is 4. The van der Waals surface area contributed by atoms with Crippen molar-refractivity contribution in [2.24, 2.45) is 11.1 Å². The van der Waals surface area contributed by atoms with E-state index in [1.54, 1.807) is 14.0 Å². The van der Waals surface area contributed by atoms with Crippen LogP contribution in [-0.2, 0) is 15.1 Å². The van der Waals surface area contributed by atoms with Crippen LogP contribution in [0.15, 0.2) is 24.3 Å². The fraction of sp³-hybridized carbons (Fsp3) is 0.526. The second-order valence-corrected chi connectivity index (χ2v) is 7.93. The number of urea groups is 1. The average Bonchev–Trinajstić information content (AvgIpc) is 2.79. The second kappa shape index (κ2) is 8.27. The number of nitrogens with two attached hydrogens (primary N) is 1. The molecule has 1 atom stereocenters. The predicted molar refractivity (Wildman–Crippen MR) is 106 cm³/mol. The Morgan fingerprint density at radius 2 is 1.81 bits per heavy atom. The highest BCUT2D eigenvalue weighted by Crippen LogP contribution is 2.29. The summed E-state index contributed by atoms with van der Waals surface area (Å²) in [7, 11) is 1.65. The molecule has 1 aromatic carbocycles. The predicted octanol–water partition coefficient (Wildman–Crippen LogP) is 1.63. The number of carbonyl (C=O) groups excluding carboxylic acids is 3. The Bertz CT molecular complexity index is 720. The number of carbonyl (C=O) groups is 3. The quantitative estimate of drug-likeness (QED) is 0.714. The van der Waals surface area contributed by atoms with Crippen LogP contribution < -0.4 is 11.1 Å². The van der Waals surface area contributed by atoms with E-state index in [4.69, 9.17) is 5.73 Å². The Kier molecular flexibility index (Phi) is 7.02. The molecule has 0 spiro atoms. The highest BCUT2D eigenvalue weighted by atomic mass is 35.5. The molecule has 1 fully saturated rings. The van der Waals surface area contributed by atoms with Crippen LogP contribution in [0.1, 0.15) is 31.9 Å². The molecule has 150 valence electrons. The lowest BCUT2D eigenvalue weighted by molar-refractivity contribution is -0.138. The van der Waals surface area contributed by atoms with Crippen LogP contribution in [-0.4, -0.2) is 54.3 Å². The van der Waals surface area contributed by atoms with Gasteiger partial charge in [0.25, 0.3) is 5.91 Å². The molecule has 1 unspecified atom stereocenters. The van der Waals surface area contributed by atoms with Gasteiger partial charge < -0.3 is 16.0 Å². The van der Waals surface area contributed by atoms with Gasteiger partial charge in [-0.05, 0) is 31.4 Å². The second-order valence-electron chi connectivity index (χ2n) is 7.93. The van der Waals surface area contributed by atoms with E-state index < -0.39 is 17.5 Å². The number of likely N-dealkylation sites (N-methyl/N-ethyl adjacent to an activating group) is 1. The van der Waals surface area contributed by atoms with Crippen molar-refractivity contribution in [3.8, 4) is 0 Å². The van der Waals surface area contributed by atoms with Gasteiger partial charge in [0.05, 0.1) is 0 Å². The van der Waals surface area contributed by atoms with E-state index in [0.29, 0.717) is 18.7 Å². The first-order valence-electron chi connectivity index (χ1n) is 8.65. The fourth-order valence-electron chi connectivity index (χ4n) is 2.97. The van der Waals surface area contributed by atoms with Gasteiger partial charge in [-0.1, -0.05) is 43.7 Å². The normalized spacial score (nSPS) is 19.6. The van der Waals surface area contributed by atoms with Crippen molar-refractivity contribution >= 4 is 30.3 Å². The number of hydrogen-bond donors (Lipinski definition) is 2. The maximum Gasteiger partial charge on any atom is 0.325 e.